The molecule has 0 bridgehead atoms. The summed E-state index contributed by atoms with van der Waals surface area (Å²) in [5.41, 5.74) is 6.68. The topological polar surface area (TPSA) is 62.9 Å². The lowest BCUT2D eigenvalue weighted by Gasteiger charge is -2.32. The third-order valence-electron chi connectivity index (χ3n) is 4.29. The van der Waals surface area contributed by atoms with Crippen molar-refractivity contribution in [1.29, 1.82) is 0 Å². The molecule has 5 nitrogen and oxygen atoms in total. The largest absolute Gasteiger partial charge is 0.497 e. The van der Waals surface area contributed by atoms with E-state index in [2.05, 4.69) is 10.3 Å². The van der Waals surface area contributed by atoms with Crippen LogP contribution in [-0.2, 0) is 0 Å². The highest BCUT2D eigenvalue weighted by Gasteiger charge is 2.32. The van der Waals surface area contributed by atoms with Gasteiger partial charge in [0, 0.05) is 12.2 Å². The van der Waals surface area contributed by atoms with Crippen molar-refractivity contribution >= 4 is 35.6 Å². The average Bonchev–Trinajstić information content (AvgIpc) is 2.56. The zero-order valence-corrected chi connectivity index (χ0v) is 17.1. The third-order valence-corrected chi connectivity index (χ3v) is 4.29. The molecule has 0 aliphatic carbocycles. The number of ether oxygens (including phenoxy) is 1. The van der Waals surface area contributed by atoms with E-state index in [1.165, 1.54) is 4.90 Å². The van der Waals surface area contributed by atoms with E-state index in [9.17, 15) is 13.2 Å². The number of piperidine rings is 1. The van der Waals surface area contributed by atoms with Crippen molar-refractivity contribution in [2.75, 3.05) is 38.6 Å². The van der Waals surface area contributed by atoms with Gasteiger partial charge in [-0.05, 0) is 62.5 Å². The number of nitrogens with two attached hydrogens (primary N) is 1. The average molecular weight is 486 g/mol. The van der Waals surface area contributed by atoms with E-state index in [1.54, 1.807) is 7.11 Å². The van der Waals surface area contributed by atoms with Crippen molar-refractivity contribution in [2.45, 2.75) is 25.4 Å². The Balaban J connectivity index is 0.00000338. The van der Waals surface area contributed by atoms with Crippen LogP contribution in [0.15, 0.2) is 29.3 Å². The van der Waals surface area contributed by atoms with Crippen molar-refractivity contribution in [3.05, 3.63) is 24.3 Å². The summed E-state index contributed by atoms with van der Waals surface area (Å²) in [7, 11) is 1.60. The number of methoxy groups -OCH3 is 1. The number of likely N-dealkylation sites (tertiary alicyclic amines) is 1. The van der Waals surface area contributed by atoms with Crippen LogP contribution in [-0.4, -0.2) is 50.3 Å². The molecule has 3 N–H and O–H groups in total. The Kier molecular flexibility index (Phi) is 9.48. The van der Waals surface area contributed by atoms with Crippen molar-refractivity contribution in [2.24, 2.45) is 16.6 Å². The summed E-state index contributed by atoms with van der Waals surface area (Å²) in [4.78, 5) is 5.76. The third kappa shape index (κ3) is 8.43. The summed E-state index contributed by atoms with van der Waals surface area (Å²) >= 11 is 0. The molecule has 1 heterocycles. The highest BCUT2D eigenvalue weighted by atomic mass is 127. The molecule has 0 saturated carbocycles. The summed E-state index contributed by atoms with van der Waals surface area (Å²) in [6.45, 7) is 0.746. The lowest BCUT2D eigenvalue weighted by atomic mass is 9.93. The van der Waals surface area contributed by atoms with Crippen LogP contribution in [0.25, 0.3) is 0 Å². The van der Waals surface area contributed by atoms with Crippen molar-refractivity contribution in [3.63, 3.8) is 0 Å². The molecule has 0 amide bonds. The molecular formula is C17H26F3IN4O. The fraction of sp³-hybridized carbons (Fsp3) is 0.588. The molecule has 0 unspecified atom stereocenters. The monoisotopic (exact) mass is 486 g/mol. The summed E-state index contributed by atoms with van der Waals surface area (Å²) in [6, 6.07) is 7.34. The fourth-order valence-electron chi connectivity index (χ4n) is 2.92. The molecule has 9 heteroatoms. The summed E-state index contributed by atoms with van der Waals surface area (Å²) in [5.74, 6) is 1.50. The van der Waals surface area contributed by atoms with Gasteiger partial charge in [0.15, 0.2) is 5.96 Å². The molecule has 1 aliphatic rings. The number of nitrogens with one attached hydrogen (secondary N) is 1. The van der Waals surface area contributed by atoms with Crippen LogP contribution in [0, 0.1) is 5.92 Å². The minimum atomic E-state index is -4.11. The number of alkyl halides is 3. The first-order valence-corrected chi connectivity index (χ1v) is 8.36. The first-order valence-electron chi connectivity index (χ1n) is 8.36. The van der Waals surface area contributed by atoms with Gasteiger partial charge in [0.2, 0.25) is 0 Å². The lowest BCUT2D eigenvalue weighted by Crippen LogP contribution is -2.40. The second kappa shape index (κ2) is 10.8. The van der Waals surface area contributed by atoms with E-state index >= 15 is 0 Å². The molecule has 1 fully saturated rings. The molecule has 0 spiro atoms. The zero-order valence-electron chi connectivity index (χ0n) is 14.8. The molecule has 1 aromatic carbocycles. The summed E-state index contributed by atoms with van der Waals surface area (Å²) in [6.07, 6.45) is -1.72. The minimum absolute atomic E-state index is 0. The van der Waals surface area contributed by atoms with Crippen LogP contribution in [0.2, 0.25) is 0 Å². The van der Waals surface area contributed by atoms with Crippen LogP contribution in [0.4, 0.5) is 18.9 Å². The zero-order chi connectivity index (χ0) is 18.3. The number of anilines is 1. The molecule has 1 aromatic rings. The molecule has 0 aromatic heterocycles. The van der Waals surface area contributed by atoms with Crippen LogP contribution >= 0.6 is 24.0 Å². The maximum Gasteiger partial charge on any atom is 0.401 e. The molecular weight excluding hydrogens is 460 g/mol. The second-order valence-corrected chi connectivity index (χ2v) is 6.24. The van der Waals surface area contributed by atoms with Gasteiger partial charge in [-0.2, -0.15) is 13.2 Å². The van der Waals surface area contributed by atoms with Gasteiger partial charge in [0.1, 0.15) is 5.75 Å². The van der Waals surface area contributed by atoms with E-state index in [1.807, 2.05) is 24.3 Å². The molecule has 2 rings (SSSR count). The highest BCUT2D eigenvalue weighted by molar-refractivity contribution is 14.0. The van der Waals surface area contributed by atoms with E-state index in [0.29, 0.717) is 31.5 Å². The van der Waals surface area contributed by atoms with E-state index in [-0.39, 0.29) is 24.0 Å². The quantitative estimate of drug-likeness (QED) is 0.366. The molecule has 26 heavy (non-hydrogen) atoms. The SMILES string of the molecule is COc1ccc(NC(N)=NCCC2CCN(CC(F)(F)F)CC2)cc1.I. The molecule has 1 saturated heterocycles. The van der Waals surface area contributed by atoms with E-state index in [0.717, 1.165) is 30.7 Å². The maximum absolute atomic E-state index is 12.4. The van der Waals surface area contributed by atoms with Gasteiger partial charge in [-0.3, -0.25) is 9.89 Å². The van der Waals surface area contributed by atoms with Gasteiger partial charge in [0.05, 0.1) is 13.7 Å². The van der Waals surface area contributed by atoms with Crippen LogP contribution in [0.1, 0.15) is 19.3 Å². The van der Waals surface area contributed by atoms with Gasteiger partial charge in [0.25, 0.3) is 0 Å². The van der Waals surface area contributed by atoms with Crippen LogP contribution in [0.3, 0.4) is 0 Å². The Hall–Kier alpha value is -1.23. The normalized spacial score (nSPS) is 16.8. The Labute approximate surface area is 169 Å². The number of hydrogen-bond donors (Lipinski definition) is 2. The van der Waals surface area contributed by atoms with Gasteiger partial charge in [-0.1, -0.05) is 0 Å². The first kappa shape index (κ1) is 22.8. The fourth-order valence-corrected chi connectivity index (χ4v) is 2.92. The molecule has 0 atom stereocenters. The van der Waals surface area contributed by atoms with Crippen LogP contribution < -0.4 is 15.8 Å². The van der Waals surface area contributed by atoms with Gasteiger partial charge in [-0.25, -0.2) is 0 Å². The van der Waals surface area contributed by atoms with Gasteiger partial charge in [-0.15, -0.1) is 24.0 Å². The van der Waals surface area contributed by atoms with Crippen molar-refractivity contribution in [3.8, 4) is 5.75 Å². The first-order chi connectivity index (χ1) is 11.9. The number of halogens is 4. The summed E-state index contributed by atoms with van der Waals surface area (Å²) < 4.78 is 42.2. The number of guanidine groups is 1. The smallest absolute Gasteiger partial charge is 0.401 e. The predicted molar refractivity (Wildman–Crippen MR) is 108 cm³/mol. The Morgan fingerprint density at radius 3 is 2.42 bits per heavy atom. The highest BCUT2D eigenvalue weighted by Crippen LogP contribution is 2.24. The number of nitrogens with zero attached hydrogens (tertiary/aromatic N) is 2. The molecule has 0 radical (unpaired) electrons. The molecule has 148 valence electrons. The Bertz CT molecular complexity index is 558. The summed E-state index contributed by atoms with van der Waals surface area (Å²) in [5, 5.41) is 3.00. The van der Waals surface area contributed by atoms with Gasteiger partial charge >= 0.3 is 6.18 Å². The number of aliphatic imine (C=N–C) groups is 1. The maximum atomic E-state index is 12.4. The number of benzene rings is 1. The van der Waals surface area contributed by atoms with Crippen LogP contribution in [0.5, 0.6) is 5.75 Å². The lowest BCUT2D eigenvalue weighted by molar-refractivity contribution is -0.148. The Morgan fingerprint density at radius 2 is 1.88 bits per heavy atom. The number of hydrogen-bond acceptors (Lipinski definition) is 3. The minimum Gasteiger partial charge on any atom is -0.497 e. The number of rotatable bonds is 6. The Morgan fingerprint density at radius 1 is 1.27 bits per heavy atom. The van der Waals surface area contributed by atoms with Crippen molar-refractivity contribution in [1.82, 2.24) is 4.90 Å². The molecule has 1 aliphatic heterocycles. The van der Waals surface area contributed by atoms with E-state index in [4.69, 9.17) is 10.5 Å². The van der Waals surface area contributed by atoms with Gasteiger partial charge < -0.3 is 15.8 Å². The standard InChI is InChI=1S/C17H25F3N4O.HI/c1-25-15-4-2-14(3-5-15)23-16(21)22-9-6-13-7-10-24(11-8-13)12-17(18,19)20;/h2-5,13H,6-12H2,1H3,(H3,21,22,23);1H. The second-order valence-electron chi connectivity index (χ2n) is 6.24. The van der Waals surface area contributed by atoms with Crippen molar-refractivity contribution < 1.29 is 17.9 Å². The van der Waals surface area contributed by atoms with E-state index < -0.39 is 12.7 Å². The predicted octanol–water partition coefficient (Wildman–Crippen LogP) is 3.70.